The first-order valence-corrected chi connectivity index (χ1v) is 12.6. The van der Waals surface area contributed by atoms with Crippen LogP contribution in [0.1, 0.15) is 113 Å². The van der Waals surface area contributed by atoms with Crippen LogP contribution in [-0.2, 0) is 6.54 Å². The Balaban J connectivity index is 0.00000512. The highest BCUT2D eigenvalue weighted by atomic mass is 35.5. The predicted octanol–water partition coefficient (Wildman–Crippen LogP) is 4.70. The molecule has 0 saturated heterocycles. The topological polar surface area (TPSA) is 49.7 Å². The summed E-state index contributed by atoms with van der Waals surface area (Å²) < 4.78 is 0.741. The summed E-state index contributed by atoms with van der Waals surface area (Å²) in [6, 6.07) is 7.23. The maximum atomic E-state index is 11.0. The third-order valence-electron chi connectivity index (χ3n) is 6.35. The lowest BCUT2D eigenvalue weighted by Gasteiger charge is -2.27. The zero-order chi connectivity index (χ0) is 22.2. The minimum atomic E-state index is -0.875. The molecule has 1 aliphatic heterocycles. The van der Waals surface area contributed by atoms with E-state index in [1.165, 1.54) is 89.9 Å². The van der Waals surface area contributed by atoms with Gasteiger partial charge in [-0.25, -0.2) is 14.3 Å². The maximum absolute atomic E-state index is 11.0. The molecular formula is C27H43ClN2O2. The lowest BCUT2D eigenvalue weighted by Crippen LogP contribution is -3.00. The summed E-state index contributed by atoms with van der Waals surface area (Å²) in [4.78, 5) is 15.4. The van der Waals surface area contributed by atoms with E-state index in [0.29, 0.717) is 5.56 Å². The number of carboxylic acids is 1. The van der Waals surface area contributed by atoms with Crippen LogP contribution < -0.4 is 12.4 Å². The number of hydrogen-bond acceptors (Lipinski definition) is 2. The number of quaternary nitrogens is 1. The first kappa shape index (κ1) is 28.4. The zero-order valence-electron chi connectivity index (χ0n) is 20.0. The minimum absolute atomic E-state index is 0. The van der Waals surface area contributed by atoms with E-state index in [0.717, 1.165) is 23.1 Å². The normalized spacial score (nSPS) is 16.9. The molecule has 0 radical (unpaired) electrons. The summed E-state index contributed by atoms with van der Waals surface area (Å²) in [5, 5.41) is 9.07. The molecule has 2 rings (SSSR count). The van der Waals surface area contributed by atoms with Gasteiger partial charge in [-0.1, -0.05) is 96.1 Å². The SMILES string of the molecule is CCCCCCCCCCCCCCCC[N+]1(Cc2ccc(C(=O)O)cc2)C=CN=C1.[Cl-]. The van der Waals surface area contributed by atoms with Crippen molar-refractivity contribution >= 4 is 12.3 Å². The highest BCUT2D eigenvalue weighted by molar-refractivity contribution is 5.87. The van der Waals surface area contributed by atoms with Crippen molar-refractivity contribution in [1.82, 2.24) is 0 Å². The van der Waals surface area contributed by atoms with Gasteiger partial charge in [-0.15, -0.1) is 0 Å². The number of halogens is 1. The van der Waals surface area contributed by atoms with E-state index in [1.807, 2.05) is 24.7 Å². The molecule has 1 aliphatic rings. The van der Waals surface area contributed by atoms with E-state index >= 15 is 0 Å². The molecule has 1 unspecified atom stereocenters. The number of aliphatic imine (C=N–C) groups is 1. The Labute approximate surface area is 201 Å². The Bertz CT molecular complexity index is 673. The Hall–Kier alpha value is -1.65. The molecule has 0 amide bonds. The minimum Gasteiger partial charge on any atom is -1.00 e. The summed E-state index contributed by atoms with van der Waals surface area (Å²) in [5.74, 6) is -0.875. The molecule has 0 aromatic heterocycles. The number of carboxylic acid groups (broad SMARTS) is 1. The van der Waals surface area contributed by atoms with E-state index in [-0.39, 0.29) is 12.4 Å². The molecule has 32 heavy (non-hydrogen) atoms. The van der Waals surface area contributed by atoms with Crippen molar-refractivity contribution in [1.29, 1.82) is 0 Å². The predicted molar refractivity (Wildman–Crippen MR) is 130 cm³/mol. The van der Waals surface area contributed by atoms with Gasteiger partial charge in [0.05, 0.1) is 18.3 Å². The smallest absolute Gasteiger partial charge is 0.335 e. The van der Waals surface area contributed by atoms with Crippen LogP contribution in [0.2, 0.25) is 0 Å². The van der Waals surface area contributed by atoms with Crippen molar-refractivity contribution in [2.75, 3.05) is 6.54 Å². The molecule has 0 aliphatic carbocycles. The van der Waals surface area contributed by atoms with E-state index < -0.39 is 5.97 Å². The largest absolute Gasteiger partial charge is 1.00 e. The third kappa shape index (κ3) is 11.3. The first-order valence-electron chi connectivity index (χ1n) is 12.6. The van der Waals surface area contributed by atoms with Gasteiger partial charge in [0.15, 0.2) is 6.34 Å². The second kappa shape index (κ2) is 16.9. The van der Waals surface area contributed by atoms with Crippen LogP contribution >= 0.6 is 0 Å². The van der Waals surface area contributed by atoms with E-state index in [4.69, 9.17) is 5.11 Å². The Kier molecular flexibility index (Phi) is 15.0. The standard InChI is InChI=1S/C27H42N2O2.ClH/c1-2-3-4-5-6-7-8-9-10-11-12-13-14-15-21-29(22-20-28-24-29)23-25-16-18-26(19-17-25)27(30)31;/h16-20,22,24H,2-15,21,23H2,1H3;1H. The van der Waals surface area contributed by atoms with Gasteiger partial charge in [-0.3, -0.25) is 0 Å². The van der Waals surface area contributed by atoms with Crippen molar-refractivity contribution in [3.05, 3.63) is 47.8 Å². The van der Waals surface area contributed by atoms with Gasteiger partial charge >= 0.3 is 5.97 Å². The summed E-state index contributed by atoms with van der Waals surface area (Å²) in [7, 11) is 0. The Morgan fingerprint density at radius 1 is 0.812 bits per heavy atom. The summed E-state index contributed by atoms with van der Waals surface area (Å²) >= 11 is 0. The second-order valence-corrected chi connectivity index (χ2v) is 9.15. The molecule has 0 fully saturated rings. The molecular weight excluding hydrogens is 420 g/mol. The highest BCUT2D eigenvalue weighted by Gasteiger charge is 2.26. The van der Waals surface area contributed by atoms with Gasteiger partial charge in [-0.2, -0.15) is 0 Å². The monoisotopic (exact) mass is 462 g/mol. The van der Waals surface area contributed by atoms with Crippen LogP contribution in [0.25, 0.3) is 0 Å². The fourth-order valence-electron chi connectivity index (χ4n) is 4.38. The molecule has 1 aromatic carbocycles. The molecule has 0 spiro atoms. The molecule has 5 heteroatoms. The number of carbonyl (C=O) groups is 1. The van der Waals surface area contributed by atoms with Crippen molar-refractivity contribution in [3.8, 4) is 0 Å². The lowest BCUT2D eigenvalue weighted by atomic mass is 10.0. The Morgan fingerprint density at radius 3 is 1.75 bits per heavy atom. The number of aromatic carboxylic acids is 1. The maximum Gasteiger partial charge on any atom is 0.335 e. The number of nitrogens with zero attached hydrogens (tertiary/aromatic N) is 2. The first-order chi connectivity index (χ1) is 15.2. The van der Waals surface area contributed by atoms with E-state index in [9.17, 15) is 4.79 Å². The number of hydrogen-bond donors (Lipinski definition) is 1. The average Bonchev–Trinajstić information content (AvgIpc) is 3.23. The summed E-state index contributed by atoms with van der Waals surface area (Å²) in [6.07, 6.45) is 25.3. The van der Waals surface area contributed by atoms with Gasteiger partial charge in [-0.05, 0) is 25.0 Å². The van der Waals surface area contributed by atoms with Gasteiger partial charge in [0.1, 0.15) is 12.7 Å². The fraction of sp³-hybridized carbons (Fsp3) is 0.630. The molecule has 0 saturated carbocycles. The zero-order valence-corrected chi connectivity index (χ0v) is 20.7. The number of unbranched alkanes of at least 4 members (excludes halogenated alkanes) is 13. The van der Waals surface area contributed by atoms with Crippen LogP contribution in [-0.4, -0.2) is 28.4 Å². The number of rotatable bonds is 18. The average molecular weight is 463 g/mol. The molecule has 1 atom stereocenters. The number of benzene rings is 1. The molecule has 1 aromatic rings. The lowest BCUT2D eigenvalue weighted by molar-refractivity contribution is -0.794. The van der Waals surface area contributed by atoms with E-state index in [1.54, 1.807) is 12.1 Å². The van der Waals surface area contributed by atoms with Crippen LogP contribution in [0.5, 0.6) is 0 Å². The fourth-order valence-corrected chi connectivity index (χ4v) is 4.38. The van der Waals surface area contributed by atoms with Crippen molar-refractivity contribution < 1.29 is 26.8 Å². The quantitative estimate of drug-likeness (QED) is 0.254. The van der Waals surface area contributed by atoms with Crippen LogP contribution in [0.3, 0.4) is 0 Å². The van der Waals surface area contributed by atoms with Crippen molar-refractivity contribution in [2.24, 2.45) is 4.99 Å². The molecule has 4 nitrogen and oxygen atoms in total. The van der Waals surface area contributed by atoms with Gasteiger partial charge < -0.3 is 17.5 Å². The van der Waals surface area contributed by atoms with E-state index in [2.05, 4.69) is 18.1 Å². The second-order valence-electron chi connectivity index (χ2n) is 9.15. The molecule has 180 valence electrons. The molecule has 1 N–H and O–H groups in total. The van der Waals surface area contributed by atoms with Crippen molar-refractivity contribution in [3.63, 3.8) is 0 Å². The van der Waals surface area contributed by atoms with Gasteiger partial charge in [0.25, 0.3) is 0 Å². The third-order valence-corrected chi connectivity index (χ3v) is 6.35. The molecule has 1 heterocycles. The van der Waals surface area contributed by atoms with Crippen molar-refractivity contribution in [2.45, 2.75) is 103 Å². The van der Waals surface area contributed by atoms with Gasteiger partial charge in [0.2, 0.25) is 0 Å². The highest BCUT2D eigenvalue weighted by Crippen LogP contribution is 2.20. The van der Waals surface area contributed by atoms with Crippen LogP contribution in [0, 0.1) is 0 Å². The van der Waals surface area contributed by atoms with Crippen LogP contribution in [0.15, 0.2) is 41.7 Å². The summed E-state index contributed by atoms with van der Waals surface area (Å²) in [6.45, 7) is 4.17. The molecule has 0 bridgehead atoms. The van der Waals surface area contributed by atoms with Gasteiger partial charge in [0, 0.05) is 5.56 Å². The Morgan fingerprint density at radius 2 is 1.31 bits per heavy atom. The van der Waals surface area contributed by atoms with Crippen LogP contribution in [0.4, 0.5) is 0 Å². The summed E-state index contributed by atoms with van der Waals surface area (Å²) in [5.41, 5.74) is 1.49.